The first-order valence-electron chi connectivity index (χ1n) is 8.95. The van der Waals surface area contributed by atoms with Crippen molar-refractivity contribution >= 4 is 5.96 Å². The van der Waals surface area contributed by atoms with E-state index in [-0.39, 0.29) is 0 Å². The van der Waals surface area contributed by atoms with Crippen molar-refractivity contribution in [3.8, 4) is 0 Å². The predicted octanol–water partition coefficient (Wildman–Crippen LogP) is 2.68. The molecule has 1 N–H and O–H groups in total. The summed E-state index contributed by atoms with van der Waals surface area (Å²) < 4.78 is 11.0. The Morgan fingerprint density at radius 2 is 2.22 bits per heavy atom. The topological polar surface area (TPSA) is 50.0 Å². The smallest absolute Gasteiger partial charge is 0.193 e. The molecule has 5 heteroatoms. The first-order valence-corrected chi connectivity index (χ1v) is 8.95. The van der Waals surface area contributed by atoms with Gasteiger partial charge in [0.1, 0.15) is 5.76 Å². The third kappa shape index (κ3) is 4.28. The summed E-state index contributed by atoms with van der Waals surface area (Å²) in [5.74, 6) is 2.09. The summed E-state index contributed by atoms with van der Waals surface area (Å²) in [4.78, 5) is 7.24. The summed E-state index contributed by atoms with van der Waals surface area (Å²) in [7, 11) is 0. The van der Waals surface area contributed by atoms with E-state index >= 15 is 0 Å². The second-order valence-corrected chi connectivity index (χ2v) is 6.75. The van der Waals surface area contributed by atoms with Gasteiger partial charge in [-0.1, -0.05) is 6.92 Å². The van der Waals surface area contributed by atoms with E-state index in [0.717, 1.165) is 64.0 Å². The van der Waals surface area contributed by atoms with Crippen LogP contribution in [0.15, 0.2) is 27.8 Å². The van der Waals surface area contributed by atoms with E-state index in [2.05, 4.69) is 17.1 Å². The third-order valence-corrected chi connectivity index (χ3v) is 5.01. The van der Waals surface area contributed by atoms with Crippen LogP contribution >= 0.6 is 0 Å². The van der Waals surface area contributed by atoms with Crippen molar-refractivity contribution in [3.05, 3.63) is 24.2 Å². The van der Waals surface area contributed by atoms with Gasteiger partial charge in [0.2, 0.25) is 0 Å². The Hall–Kier alpha value is -1.49. The van der Waals surface area contributed by atoms with E-state index in [1.165, 1.54) is 19.3 Å². The lowest BCUT2D eigenvalue weighted by molar-refractivity contribution is 0.0217. The lowest BCUT2D eigenvalue weighted by Gasteiger charge is -2.33. The normalized spacial score (nSPS) is 21.1. The highest BCUT2D eigenvalue weighted by Crippen LogP contribution is 2.39. The SMILES string of the molecule is CCCN=C(NCCc1ccco1)N1CCC2(CCOCC2)C1. The minimum absolute atomic E-state index is 0.452. The van der Waals surface area contributed by atoms with Crippen molar-refractivity contribution in [1.82, 2.24) is 10.2 Å². The van der Waals surface area contributed by atoms with Crippen LogP contribution in [0.2, 0.25) is 0 Å². The maximum absolute atomic E-state index is 5.55. The molecule has 5 nitrogen and oxygen atoms in total. The minimum Gasteiger partial charge on any atom is -0.469 e. The van der Waals surface area contributed by atoms with Crippen LogP contribution in [0.5, 0.6) is 0 Å². The van der Waals surface area contributed by atoms with Crippen molar-refractivity contribution in [3.63, 3.8) is 0 Å². The second-order valence-electron chi connectivity index (χ2n) is 6.75. The number of nitrogens with one attached hydrogen (secondary N) is 1. The van der Waals surface area contributed by atoms with Crippen LogP contribution in [-0.4, -0.2) is 50.3 Å². The molecule has 2 aliphatic rings. The lowest BCUT2D eigenvalue weighted by Crippen LogP contribution is -2.43. The number of hydrogen-bond donors (Lipinski definition) is 1. The summed E-state index contributed by atoms with van der Waals surface area (Å²) in [6.45, 7) is 7.98. The van der Waals surface area contributed by atoms with Crippen molar-refractivity contribution in [2.45, 2.75) is 39.0 Å². The summed E-state index contributed by atoms with van der Waals surface area (Å²) in [5, 5.41) is 3.54. The molecule has 0 bridgehead atoms. The zero-order valence-electron chi connectivity index (χ0n) is 14.2. The largest absolute Gasteiger partial charge is 0.469 e. The van der Waals surface area contributed by atoms with Crippen molar-refractivity contribution in [2.75, 3.05) is 39.4 Å². The summed E-state index contributed by atoms with van der Waals surface area (Å²) in [5.41, 5.74) is 0.452. The number of guanidine groups is 1. The highest BCUT2D eigenvalue weighted by Gasteiger charge is 2.40. The van der Waals surface area contributed by atoms with Gasteiger partial charge in [-0.25, -0.2) is 0 Å². The summed E-state index contributed by atoms with van der Waals surface area (Å²) >= 11 is 0. The Morgan fingerprint density at radius 1 is 1.35 bits per heavy atom. The fraction of sp³-hybridized carbons (Fsp3) is 0.722. The molecule has 0 aliphatic carbocycles. The monoisotopic (exact) mass is 319 g/mol. The molecule has 0 atom stereocenters. The minimum atomic E-state index is 0.452. The third-order valence-electron chi connectivity index (χ3n) is 5.01. The number of aliphatic imine (C=N–C) groups is 1. The summed E-state index contributed by atoms with van der Waals surface area (Å²) in [6.07, 6.45) is 7.35. The molecule has 3 heterocycles. The Labute approximate surface area is 139 Å². The predicted molar refractivity (Wildman–Crippen MR) is 91.7 cm³/mol. The average Bonchev–Trinajstić information content (AvgIpc) is 3.22. The van der Waals surface area contributed by atoms with Gasteiger partial charge in [-0.05, 0) is 43.2 Å². The van der Waals surface area contributed by atoms with Crippen molar-refractivity contribution in [2.24, 2.45) is 10.4 Å². The molecule has 23 heavy (non-hydrogen) atoms. The number of hydrogen-bond acceptors (Lipinski definition) is 3. The number of likely N-dealkylation sites (tertiary alicyclic amines) is 1. The molecule has 0 unspecified atom stereocenters. The Bertz CT molecular complexity index is 492. The number of rotatable bonds is 5. The molecular weight excluding hydrogens is 290 g/mol. The van der Waals surface area contributed by atoms with Gasteiger partial charge in [0.05, 0.1) is 6.26 Å². The molecule has 128 valence electrons. The molecule has 2 fully saturated rings. The van der Waals surface area contributed by atoms with Gasteiger partial charge in [-0.15, -0.1) is 0 Å². The van der Waals surface area contributed by atoms with E-state index in [1.54, 1.807) is 6.26 Å². The van der Waals surface area contributed by atoms with Gasteiger partial charge in [-0.3, -0.25) is 4.99 Å². The molecule has 1 aromatic heterocycles. The van der Waals surface area contributed by atoms with E-state index in [9.17, 15) is 0 Å². The van der Waals surface area contributed by atoms with Crippen LogP contribution in [0.25, 0.3) is 0 Å². The molecule has 0 saturated carbocycles. The zero-order chi connectivity index (χ0) is 16.0. The summed E-state index contributed by atoms with van der Waals surface area (Å²) in [6, 6.07) is 3.97. The molecule has 2 saturated heterocycles. The highest BCUT2D eigenvalue weighted by atomic mass is 16.5. The molecule has 3 rings (SSSR count). The number of furan rings is 1. The number of nitrogens with zero attached hydrogens (tertiary/aromatic N) is 2. The fourth-order valence-corrected chi connectivity index (χ4v) is 3.57. The maximum atomic E-state index is 5.55. The van der Waals surface area contributed by atoms with Gasteiger partial charge >= 0.3 is 0 Å². The molecule has 0 aromatic carbocycles. The maximum Gasteiger partial charge on any atom is 0.193 e. The van der Waals surface area contributed by atoms with Gasteiger partial charge in [0.25, 0.3) is 0 Å². The van der Waals surface area contributed by atoms with Gasteiger partial charge < -0.3 is 19.4 Å². The first kappa shape index (κ1) is 16.4. The van der Waals surface area contributed by atoms with Gasteiger partial charge in [-0.2, -0.15) is 0 Å². The fourth-order valence-electron chi connectivity index (χ4n) is 3.57. The van der Waals surface area contributed by atoms with E-state index in [0.29, 0.717) is 5.41 Å². The quantitative estimate of drug-likeness (QED) is 0.670. The van der Waals surface area contributed by atoms with Gasteiger partial charge in [0.15, 0.2) is 5.96 Å². The molecule has 1 aromatic rings. The van der Waals surface area contributed by atoms with Crippen LogP contribution in [0, 0.1) is 5.41 Å². The van der Waals surface area contributed by atoms with E-state index < -0.39 is 0 Å². The van der Waals surface area contributed by atoms with Crippen LogP contribution in [0.1, 0.15) is 38.4 Å². The molecular formula is C18H29N3O2. The first-order chi connectivity index (χ1) is 11.3. The Morgan fingerprint density at radius 3 is 2.96 bits per heavy atom. The average molecular weight is 319 g/mol. The Balaban J connectivity index is 1.55. The zero-order valence-corrected chi connectivity index (χ0v) is 14.2. The lowest BCUT2D eigenvalue weighted by atomic mass is 9.80. The highest BCUT2D eigenvalue weighted by molar-refractivity contribution is 5.80. The number of ether oxygens (including phenoxy) is 1. The molecule has 1 spiro atoms. The van der Waals surface area contributed by atoms with Crippen LogP contribution in [0.4, 0.5) is 0 Å². The standard InChI is InChI=1S/C18H29N3O2/c1-2-9-19-17(20-10-5-16-4-3-12-23-16)21-11-6-18(15-21)7-13-22-14-8-18/h3-4,12H,2,5-11,13-15H2,1H3,(H,19,20). The van der Waals surface area contributed by atoms with E-state index in [1.807, 2.05) is 12.1 Å². The van der Waals surface area contributed by atoms with E-state index in [4.69, 9.17) is 14.1 Å². The van der Waals surface area contributed by atoms with Crippen LogP contribution in [-0.2, 0) is 11.2 Å². The molecule has 0 amide bonds. The van der Waals surface area contributed by atoms with Crippen molar-refractivity contribution in [1.29, 1.82) is 0 Å². The van der Waals surface area contributed by atoms with Gasteiger partial charge in [0, 0.05) is 45.8 Å². The molecule has 0 radical (unpaired) electrons. The van der Waals surface area contributed by atoms with Crippen LogP contribution in [0.3, 0.4) is 0 Å². The van der Waals surface area contributed by atoms with Crippen LogP contribution < -0.4 is 5.32 Å². The second kappa shape index (κ2) is 7.86. The van der Waals surface area contributed by atoms with Crippen molar-refractivity contribution < 1.29 is 9.15 Å². The molecule has 2 aliphatic heterocycles. The Kier molecular flexibility index (Phi) is 5.60.